The molecule has 1 heterocycles. The van der Waals surface area contributed by atoms with E-state index in [0.717, 1.165) is 18.4 Å². The number of hydrogen-bond acceptors (Lipinski definition) is 4. The molecule has 7 heteroatoms. The van der Waals surface area contributed by atoms with Crippen molar-refractivity contribution in [3.05, 3.63) is 71.3 Å². The SMILES string of the molecule is CCN(CC(=O)N[C@@H]1CCS(=O)(=O)C1)C(=O)c1ccccc1CCc1ccccc1. The second-order valence-corrected chi connectivity index (χ2v) is 9.86. The van der Waals surface area contributed by atoms with Gasteiger partial charge in [-0.15, -0.1) is 0 Å². The molecule has 6 nitrogen and oxygen atoms in total. The summed E-state index contributed by atoms with van der Waals surface area (Å²) in [5.41, 5.74) is 2.76. The van der Waals surface area contributed by atoms with Crippen molar-refractivity contribution in [1.82, 2.24) is 10.2 Å². The van der Waals surface area contributed by atoms with Gasteiger partial charge in [0, 0.05) is 18.2 Å². The highest BCUT2D eigenvalue weighted by Crippen LogP contribution is 2.16. The molecule has 0 saturated carbocycles. The molecule has 2 aromatic rings. The Morgan fingerprint density at radius 2 is 1.73 bits per heavy atom. The number of sulfone groups is 1. The molecule has 2 aromatic carbocycles. The van der Waals surface area contributed by atoms with E-state index < -0.39 is 9.84 Å². The predicted octanol–water partition coefficient (Wildman–Crippen LogP) is 2.24. The Morgan fingerprint density at radius 3 is 2.40 bits per heavy atom. The summed E-state index contributed by atoms with van der Waals surface area (Å²) in [4.78, 5) is 27.0. The highest BCUT2D eigenvalue weighted by atomic mass is 32.2. The largest absolute Gasteiger partial charge is 0.351 e. The summed E-state index contributed by atoms with van der Waals surface area (Å²) in [7, 11) is -3.06. The van der Waals surface area contributed by atoms with Gasteiger partial charge in [0.1, 0.15) is 0 Å². The van der Waals surface area contributed by atoms with Crippen molar-refractivity contribution in [2.75, 3.05) is 24.6 Å². The number of aryl methyl sites for hydroxylation is 2. The van der Waals surface area contributed by atoms with E-state index in [4.69, 9.17) is 0 Å². The number of hydrogen-bond donors (Lipinski definition) is 1. The molecule has 30 heavy (non-hydrogen) atoms. The van der Waals surface area contributed by atoms with Crippen LogP contribution in [0.15, 0.2) is 54.6 Å². The Morgan fingerprint density at radius 1 is 1.03 bits per heavy atom. The first-order valence-electron chi connectivity index (χ1n) is 10.3. The number of nitrogens with one attached hydrogen (secondary N) is 1. The normalized spacial score (nSPS) is 17.4. The quantitative estimate of drug-likeness (QED) is 0.699. The number of benzene rings is 2. The molecule has 1 aliphatic rings. The van der Waals surface area contributed by atoms with Crippen LogP contribution in [0, 0.1) is 0 Å². The Bertz CT molecular complexity index is 989. The molecule has 1 aliphatic heterocycles. The van der Waals surface area contributed by atoms with Crippen LogP contribution < -0.4 is 5.32 Å². The number of carbonyl (C=O) groups is 2. The Kier molecular flexibility index (Phi) is 7.26. The first-order chi connectivity index (χ1) is 14.4. The first kappa shape index (κ1) is 22.0. The standard InChI is InChI=1S/C23H28N2O4S/c1-2-25(16-22(26)24-20-14-15-30(28,29)17-20)23(27)21-11-7-6-10-19(21)13-12-18-8-4-3-5-9-18/h3-11,20H,2,12-17H2,1H3,(H,24,26)/t20-/m1/s1. The minimum absolute atomic E-state index is 0.0267. The molecule has 0 aliphatic carbocycles. The molecule has 1 saturated heterocycles. The average molecular weight is 429 g/mol. The molecule has 0 bridgehead atoms. The second-order valence-electron chi connectivity index (χ2n) is 7.63. The lowest BCUT2D eigenvalue weighted by Gasteiger charge is -2.23. The van der Waals surface area contributed by atoms with Gasteiger partial charge in [0.05, 0.1) is 18.1 Å². The maximum atomic E-state index is 13.1. The van der Waals surface area contributed by atoms with Crippen molar-refractivity contribution in [3.63, 3.8) is 0 Å². The Labute approximate surface area is 178 Å². The van der Waals surface area contributed by atoms with Crippen LogP contribution in [0.1, 0.15) is 34.8 Å². The van der Waals surface area contributed by atoms with Crippen LogP contribution in [0.5, 0.6) is 0 Å². The zero-order valence-corrected chi connectivity index (χ0v) is 18.0. The van der Waals surface area contributed by atoms with Crippen molar-refractivity contribution in [2.45, 2.75) is 32.2 Å². The fraction of sp³-hybridized carbons (Fsp3) is 0.391. The molecular weight excluding hydrogens is 400 g/mol. The fourth-order valence-corrected chi connectivity index (χ4v) is 5.40. The summed E-state index contributed by atoms with van der Waals surface area (Å²) in [5, 5.41) is 2.75. The number of likely N-dealkylation sites (N-methyl/N-ethyl adjacent to an activating group) is 1. The van der Waals surface area contributed by atoms with Gasteiger partial charge in [-0.25, -0.2) is 8.42 Å². The monoisotopic (exact) mass is 428 g/mol. The zero-order chi connectivity index (χ0) is 21.6. The Hall–Kier alpha value is -2.67. The van der Waals surface area contributed by atoms with E-state index in [-0.39, 0.29) is 35.9 Å². The van der Waals surface area contributed by atoms with E-state index in [1.165, 1.54) is 10.5 Å². The number of carbonyl (C=O) groups excluding carboxylic acids is 2. The fourth-order valence-electron chi connectivity index (χ4n) is 3.72. The minimum atomic E-state index is -3.06. The zero-order valence-electron chi connectivity index (χ0n) is 17.2. The summed E-state index contributed by atoms with van der Waals surface area (Å²) in [6.45, 7) is 2.14. The van der Waals surface area contributed by atoms with Crippen LogP contribution in [0.3, 0.4) is 0 Å². The van der Waals surface area contributed by atoms with E-state index in [1.807, 2.05) is 43.3 Å². The van der Waals surface area contributed by atoms with Gasteiger partial charge in [0.25, 0.3) is 5.91 Å². The van der Waals surface area contributed by atoms with Crippen LogP contribution >= 0.6 is 0 Å². The first-order valence-corrected chi connectivity index (χ1v) is 12.1. The maximum Gasteiger partial charge on any atom is 0.254 e. The average Bonchev–Trinajstić information content (AvgIpc) is 3.09. The van der Waals surface area contributed by atoms with Gasteiger partial charge in [-0.3, -0.25) is 9.59 Å². The Balaban J connectivity index is 1.64. The highest BCUT2D eigenvalue weighted by Gasteiger charge is 2.29. The smallest absolute Gasteiger partial charge is 0.254 e. The van der Waals surface area contributed by atoms with Crippen LogP contribution in [0.25, 0.3) is 0 Å². The van der Waals surface area contributed by atoms with E-state index in [1.54, 1.807) is 6.07 Å². The third-order valence-corrected chi connectivity index (χ3v) is 7.14. The molecule has 160 valence electrons. The summed E-state index contributed by atoms with van der Waals surface area (Å²) < 4.78 is 23.2. The summed E-state index contributed by atoms with van der Waals surface area (Å²) in [5.74, 6) is -0.436. The van der Waals surface area contributed by atoms with Gasteiger partial charge >= 0.3 is 0 Å². The van der Waals surface area contributed by atoms with Crippen LogP contribution in [0.2, 0.25) is 0 Å². The van der Waals surface area contributed by atoms with Crippen LogP contribution in [-0.2, 0) is 27.5 Å². The molecule has 3 rings (SSSR count). The number of nitrogens with zero attached hydrogens (tertiary/aromatic N) is 1. The van der Waals surface area contributed by atoms with Crippen LogP contribution in [0.4, 0.5) is 0 Å². The maximum absolute atomic E-state index is 13.1. The molecule has 0 aromatic heterocycles. The minimum Gasteiger partial charge on any atom is -0.351 e. The van der Waals surface area contributed by atoms with E-state index in [0.29, 0.717) is 18.5 Å². The van der Waals surface area contributed by atoms with Gasteiger partial charge < -0.3 is 10.2 Å². The molecule has 2 amide bonds. The molecule has 1 atom stereocenters. The topological polar surface area (TPSA) is 83.6 Å². The van der Waals surface area contributed by atoms with Gasteiger partial charge in [0.2, 0.25) is 5.91 Å². The van der Waals surface area contributed by atoms with E-state index >= 15 is 0 Å². The van der Waals surface area contributed by atoms with Gasteiger partial charge in [-0.1, -0.05) is 48.5 Å². The summed E-state index contributed by atoms with van der Waals surface area (Å²) >= 11 is 0. The van der Waals surface area contributed by atoms with Crippen molar-refractivity contribution in [3.8, 4) is 0 Å². The second kappa shape index (κ2) is 9.89. The third-order valence-electron chi connectivity index (χ3n) is 5.37. The molecule has 1 fully saturated rings. The number of amides is 2. The molecule has 0 spiro atoms. The van der Waals surface area contributed by atoms with Gasteiger partial charge in [-0.2, -0.15) is 0 Å². The van der Waals surface area contributed by atoms with Crippen molar-refractivity contribution >= 4 is 21.7 Å². The summed E-state index contributed by atoms with van der Waals surface area (Å²) in [6.07, 6.45) is 1.99. The predicted molar refractivity (Wildman–Crippen MR) is 117 cm³/mol. The van der Waals surface area contributed by atoms with E-state index in [2.05, 4.69) is 17.4 Å². The van der Waals surface area contributed by atoms with Crippen molar-refractivity contribution in [2.24, 2.45) is 0 Å². The molecule has 0 radical (unpaired) electrons. The molecule has 0 unspecified atom stereocenters. The third kappa shape index (κ3) is 5.92. The van der Waals surface area contributed by atoms with Crippen LogP contribution in [-0.4, -0.2) is 55.8 Å². The lowest BCUT2D eigenvalue weighted by atomic mass is 9.99. The van der Waals surface area contributed by atoms with Gasteiger partial charge in [-0.05, 0) is 43.4 Å². The van der Waals surface area contributed by atoms with Crippen molar-refractivity contribution < 1.29 is 18.0 Å². The highest BCUT2D eigenvalue weighted by molar-refractivity contribution is 7.91. The van der Waals surface area contributed by atoms with E-state index in [9.17, 15) is 18.0 Å². The molecule has 1 N–H and O–H groups in total. The summed E-state index contributed by atoms with van der Waals surface area (Å²) in [6, 6.07) is 17.2. The lowest BCUT2D eigenvalue weighted by Crippen LogP contribution is -2.44. The number of rotatable bonds is 8. The van der Waals surface area contributed by atoms with Crippen molar-refractivity contribution in [1.29, 1.82) is 0 Å². The lowest BCUT2D eigenvalue weighted by molar-refractivity contribution is -0.122. The molecular formula is C23H28N2O4S. The van der Waals surface area contributed by atoms with Gasteiger partial charge in [0.15, 0.2) is 9.84 Å².